The van der Waals surface area contributed by atoms with Crippen LogP contribution in [0.25, 0.3) is 39.6 Å². The molecule has 3 aromatic heterocycles. The van der Waals surface area contributed by atoms with Crippen molar-refractivity contribution in [2.24, 2.45) is 18.1 Å². The first kappa shape index (κ1) is 23.7. The summed E-state index contributed by atoms with van der Waals surface area (Å²) in [6.07, 6.45) is 12.0. The van der Waals surface area contributed by atoms with E-state index in [2.05, 4.69) is 60.5 Å². The molecule has 8 rings (SSSR count). The van der Waals surface area contributed by atoms with Crippen LogP contribution in [0.5, 0.6) is 0 Å². The lowest BCUT2D eigenvalue weighted by molar-refractivity contribution is -0.120. The molecular weight excluding hydrogens is 514 g/mol. The molecule has 10 heteroatoms. The average Bonchev–Trinajstić information content (AvgIpc) is 3.77. The van der Waals surface area contributed by atoms with Crippen molar-refractivity contribution >= 4 is 34.8 Å². The van der Waals surface area contributed by atoms with Crippen molar-refractivity contribution in [2.75, 3.05) is 5.32 Å². The summed E-state index contributed by atoms with van der Waals surface area (Å²) >= 11 is 0. The predicted molar refractivity (Wildman–Crippen MR) is 157 cm³/mol. The van der Waals surface area contributed by atoms with Crippen molar-refractivity contribution in [2.45, 2.75) is 31.2 Å². The molecule has 3 atom stereocenters. The molecule has 202 valence electrons. The maximum Gasteiger partial charge on any atom is 0.227 e. The van der Waals surface area contributed by atoms with E-state index in [0.29, 0.717) is 6.42 Å². The molecule has 3 N–H and O–H groups in total. The number of nitrogens with zero attached hydrogens (tertiary/aromatic N) is 6. The number of anilines is 1. The Morgan fingerprint density at radius 3 is 2.83 bits per heavy atom. The summed E-state index contributed by atoms with van der Waals surface area (Å²) in [7, 11) is 1.91. The van der Waals surface area contributed by atoms with E-state index in [4.69, 9.17) is 4.98 Å². The number of carbonyl (C=O) groups is 1. The van der Waals surface area contributed by atoms with Crippen LogP contribution in [0.4, 0.5) is 5.69 Å². The first-order valence-corrected chi connectivity index (χ1v) is 13.8. The Morgan fingerprint density at radius 1 is 1.10 bits per heavy atom. The van der Waals surface area contributed by atoms with E-state index in [9.17, 15) is 4.79 Å². The molecule has 3 unspecified atom stereocenters. The lowest BCUT2D eigenvalue weighted by atomic mass is 9.74. The summed E-state index contributed by atoms with van der Waals surface area (Å²) < 4.78 is 1.87. The van der Waals surface area contributed by atoms with Crippen molar-refractivity contribution in [3.8, 4) is 22.6 Å². The third kappa shape index (κ3) is 3.94. The molecule has 0 saturated carbocycles. The van der Waals surface area contributed by atoms with Gasteiger partial charge >= 0.3 is 0 Å². The number of carbonyl (C=O) groups excluding carboxylic acids is 1. The van der Waals surface area contributed by atoms with E-state index < -0.39 is 0 Å². The normalized spacial score (nSPS) is 20.4. The van der Waals surface area contributed by atoms with Crippen LogP contribution >= 0.6 is 0 Å². The minimum atomic E-state index is -0.164. The number of amides is 1. The third-order valence-electron chi connectivity index (χ3n) is 8.52. The van der Waals surface area contributed by atoms with Gasteiger partial charge in [0.15, 0.2) is 5.82 Å². The van der Waals surface area contributed by atoms with Gasteiger partial charge in [-0.1, -0.05) is 12.1 Å². The molecular formula is C31H27N9O. The van der Waals surface area contributed by atoms with E-state index in [1.54, 1.807) is 6.33 Å². The second-order valence-corrected chi connectivity index (χ2v) is 11.0. The highest BCUT2D eigenvalue weighted by atomic mass is 16.1. The minimum Gasteiger partial charge on any atom is -0.326 e. The molecule has 0 bridgehead atoms. The summed E-state index contributed by atoms with van der Waals surface area (Å²) in [4.78, 5) is 18.8. The highest BCUT2D eigenvalue weighted by Crippen LogP contribution is 2.42. The van der Waals surface area contributed by atoms with Gasteiger partial charge in [-0.2, -0.15) is 10.2 Å². The van der Waals surface area contributed by atoms with Crippen molar-refractivity contribution in [3.63, 3.8) is 0 Å². The van der Waals surface area contributed by atoms with Gasteiger partial charge < -0.3 is 15.3 Å². The van der Waals surface area contributed by atoms with Gasteiger partial charge in [0.1, 0.15) is 6.33 Å². The number of aromatic amines is 1. The molecule has 2 aromatic carbocycles. The quantitative estimate of drug-likeness (QED) is 0.313. The number of benzene rings is 2. The van der Waals surface area contributed by atoms with Crippen LogP contribution in [-0.4, -0.2) is 48.1 Å². The van der Waals surface area contributed by atoms with E-state index in [1.807, 2.05) is 54.4 Å². The molecule has 41 heavy (non-hydrogen) atoms. The highest BCUT2D eigenvalue weighted by Gasteiger charge is 2.36. The van der Waals surface area contributed by atoms with Crippen molar-refractivity contribution in [1.29, 1.82) is 0 Å². The Bertz CT molecular complexity index is 1880. The molecule has 4 heterocycles. The number of rotatable bonds is 4. The topological polar surface area (TPSA) is 126 Å². The maximum absolute atomic E-state index is 13.6. The first-order chi connectivity index (χ1) is 20.1. The van der Waals surface area contributed by atoms with Crippen LogP contribution in [0.15, 0.2) is 66.2 Å². The number of pyridine rings is 1. The van der Waals surface area contributed by atoms with Crippen molar-refractivity contribution in [1.82, 2.24) is 35.4 Å². The molecule has 2 aliphatic carbocycles. The first-order valence-electron chi connectivity index (χ1n) is 13.8. The van der Waals surface area contributed by atoms with Crippen LogP contribution in [0.3, 0.4) is 0 Å². The SMILES string of the molecule is Cn1cnnc1-c1ccc(NC(=O)C2CCc3c(c(-c4ccc5[nH]ncc5c4)nc4c3C3C=NNC3C=C4)C2)cc1. The standard InChI is InChI=1S/C31H27N9O/c1-40-16-34-39-30(40)17-2-6-21(7-3-17)35-31(41)19-4-8-22-23(13-19)29(18-5-9-25-20(12-18)14-32-37-25)36-27-11-10-26-24(28(22)27)15-33-38-26/h2-3,5-7,9-12,14-16,19,24,26,38H,4,8,13H2,1H3,(H,32,37)(H,35,41). The number of nitrogens with one attached hydrogen (secondary N) is 3. The Morgan fingerprint density at radius 2 is 1.98 bits per heavy atom. The van der Waals surface area contributed by atoms with Crippen LogP contribution < -0.4 is 10.7 Å². The second-order valence-electron chi connectivity index (χ2n) is 11.0. The number of hydrogen-bond acceptors (Lipinski definition) is 7. The second kappa shape index (κ2) is 9.22. The summed E-state index contributed by atoms with van der Waals surface area (Å²) in [5, 5.41) is 23.9. The minimum absolute atomic E-state index is 0.0258. The van der Waals surface area contributed by atoms with Crippen LogP contribution in [0.2, 0.25) is 0 Å². The van der Waals surface area contributed by atoms with Gasteiger partial charge in [0.05, 0.1) is 29.1 Å². The fourth-order valence-electron chi connectivity index (χ4n) is 6.42. The Hall–Kier alpha value is -5.12. The fraction of sp³-hybridized carbons (Fsp3) is 0.226. The molecule has 0 spiro atoms. The van der Waals surface area contributed by atoms with Gasteiger partial charge in [-0.3, -0.25) is 9.89 Å². The van der Waals surface area contributed by atoms with Gasteiger partial charge in [-0.05, 0) is 78.4 Å². The summed E-state index contributed by atoms with van der Waals surface area (Å²) in [5.74, 6) is 0.795. The smallest absolute Gasteiger partial charge is 0.227 e. The summed E-state index contributed by atoms with van der Waals surface area (Å²) in [6, 6.07) is 14.2. The zero-order valence-corrected chi connectivity index (χ0v) is 22.4. The summed E-state index contributed by atoms with van der Waals surface area (Å²) in [6.45, 7) is 0. The lowest BCUT2D eigenvalue weighted by Gasteiger charge is -2.32. The molecule has 0 fully saturated rings. The van der Waals surface area contributed by atoms with E-state index in [1.165, 1.54) is 11.1 Å². The monoisotopic (exact) mass is 541 g/mol. The molecule has 3 aliphatic rings. The third-order valence-corrected chi connectivity index (χ3v) is 8.52. The van der Waals surface area contributed by atoms with Gasteiger partial charge in [-0.15, -0.1) is 10.2 Å². The Balaban J connectivity index is 1.13. The number of hydrazone groups is 1. The van der Waals surface area contributed by atoms with Gasteiger partial charge in [0, 0.05) is 47.3 Å². The number of fused-ring (bicyclic) bond motifs is 6. The Labute approximate surface area is 235 Å². The zero-order valence-electron chi connectivity index (χ0n) is 22.4. The fourth-order valence-corrected chi connectivity index (χ4v) is 6.42. The number of aryl methyl sites for hydroxylation is 1. The summed E-state index contributed by atoms with van der Waals surface area (Å²) in [5.41, 5.74) is 12.6. The van der Waals surface area contributed by atoms with Crippen LogP contribution in [-0.2, 0) is 24.7 Å². The molecule has 5 aromatic rings. The van der Waals surface area contributed by atoms with Crippen LogP contribution in [0.1, 0.15) is 34.7 Å². The highest BCUT2D eigenvalue weighted by molar-refractivity contribution is 5.94. The molecule has 0 radical (unpaired) electrons. The predicted octanol–water partition coefficient (Wildman–Crippen LogP) is 4.23. The average molecular weight is 542 g/mol. The van der Waals surface area contributed by atoms with Gasteiger partial charge in [-0.25, -0.2) is 4.98 Å². The van der Waals surface area contributed by atoms with Gasteiger partial charge in [0.25, 0.3) is 0 Å². The van der Waals surface area contributed by atoms with Gasteiger partial charge in [0.2, 0.25) is 5.91 Å². The van der Waals surface area contributed by atoms with Crippen LogP contribution in [0, 0.1) is 5.92 Å². The number of hydrogen-bond donors (Lipinski definition) is 3. The lowest BCUT2D eigenvalue weighted by Crippen LogP contribution is -2.32. The van der Waals surface area contributed by atoms with Crippen molar-refractivity contribution < 1.29 is 4.79 Å². The maximum atomic E-state index is 13.6. The van der Waals surface area contributed by atoms with E-state index >= 15 is 0 Å². The largest absolute Gasteiger partial charge is 0.326 e. The zero-order chi connectivity index (χ0) is 27.5. The number of aromatic nitrogens is 6. The van der Waals surface area contributed by atoms with E-state index in [0.717, 1.165) is 63.3 Å². The number of H-pyrrole nitrogens is 1. The van der Waals surface area contributed by atoms with Crippen molar-refractivity contribution in [3.05, 3.63) is 83.4 Å². The van der Waals surface area contributed by atoms with E-state index in [-0.39, 0.29) is 23.8 Å². The molecule has 1 aliphatic heterocycles. The molecule has 0 saturated heterocycles. The Kier molecular flexibility index (Phi) is 5.34. The molecule has 10 nitrogen and oxygen atoms in total. The molecule has 1 amide bonds.